The van der Waals surface area contributed by atoms with Crippen molar-refractivity contribution in [2.75, 3.05) is 26.2 Å². The third kappa shape index (κ3) is 17.8. The number of nitrogens with two attached hydrogens (primary N) is 4. The second-order valence-electron chi connectivity index (χ2n) is 6.25. The summed E-state index contributed by atoms with van der Waals surface area (Å²) >= 11 is 0. The van der Waals surface area contributed by atoms with Gasteiger partial charge in [-0.2, -0.15) is 0 Å². The molecule has 0 saturated carbocycles. The lowest BCUT2D eigenvalue weighted by Crippen LogP contribution is -2.26. The predicted octanol–water partition coefficient (Wildman–Crippen LogP) is 1.81. The van der Waals surface area contributed by atoms with Crippen LogP contribution in [0.3, 0.4) is 0 Å². The van der Waals surface area contributed by atoms with E-state index in [9.17, 15) is 0 Å². The lowest BCUT2D eigenvalue weighted by Gasteiger charge is -2.25. The molecule has 0 rings (SSSR count). The first-order valence-electron chi connectivity index (χ1n) is 7.73. The molecule has 0 aliphatic rings. The van der Waals surface area contributed by atoms with E-state index in [1.807, 2.05) is 0 Å². The molecule has 0 aromatic rings. The molecule has 0 saturated heterocycles. The summed E-state index contributed by atoms with van der Waals surface area (Å²) in [7, 11) is 0. The minimum Gasteiger partial charge on any atom is -0.330 e. The van der Waals surface area contributed by atoms with Crippen molar-refractivity contribution in [2.24, 2.45) is 34.3 Å². The molecule has 0 spiro atoms. The molecule has 0 fully saturated rings. The predicted molar refractivity (Wildman–Crippen MR) is 86.9 cm³/mol. The average molecular weight is 274 g/mol. The summed E-state index contributed by atoms with van der Waals surface area (Å²) in [5.74, 6) is 0.707. The van der Waals surface area contributed by atoms with Gasteiger partial charge in [-0.15, -0.1) is 0 Å². The Bertz CT molecular complexity index is 166. The van der Waals surface area contributed by atoms with Gasteiger partial charge in [0, 0.05) is 0 Å². The standard InChI is InChI=1S/C9H22N2.C6H16N2/c1-8(4-5-10)6-9(2,3)7-11;7-5-3-1-2-4-6-8/h8H,4-7,10-11H2,1-3H3;1-8H2. The normalized spacial score (nSPS) is 12.8. The molecule has 0 bridgehead atoms. The second kappa shape index (κ2) is 14.3. The Balaban J connectivity index is 0. The maximum Gasteiger partial charge on any atom is -0.00257 e. The van der Waals surface area contributed by atoms with Crippen molar-refractivity contribution in [3.8, 4) is 0 Å². The van der Waals surface area contributed by atoms with Crippen LogP contribution in [-0.2, 0) is 0 Å². The second-order valence-corrected chi connectivity index (χ2v) is 6.25. The van der Waals surface area contributed by atoms with Crippen molar-refractivity contribution >= 4 is 0 Å². The molecule has 0 aliphatic heterocycles. The minimum atomic E-state index is 0.286. The van der Waals surface area contributed by atoms with Crippen molar-refractivity contribution in [3.63, 3.8) is 0 Å². The van der Waals surface area contributed by atoms with Crippen molar-refractivity contribution in [1.29, 1.82) is 0 Å². The van der Waals surface area contributed by atoms with Crippen LogP contribution < -0.4 is 22.9 Å². The first kappa shape index (κ1) is 21.1. The van der Waals surface area contributed by atoms with Crippen molar-refractivity contribution in [2.45, 2.75) is 59.3 Å². The van der Waals surface area contributed by atoms with Crippen LogP contribution in [0.2, 0.25) is 0 Å². The van der Waals surface area contributed by atoms with Crippen molar-refractivity contribution in [1.82, 2.24) is 0 Å². The highest BCUT2D eigenvalue weighted by Crippen LogP contribution is 2.24. The summed E-state index contributed by atoms with van der Waals surface area (Å²) in [5.41, 5.74) is 21.9. The molecule has 118 valence electrons. The van der Waals surface area contributed by atoms with Gasteiger partial charge >= 0.3 is 0 Å². The largest absolute Gasteiger partial charge is 0.330 e. The van der Waals surface area contributed by atoms with Crippen LogP contribution in [0.5, 0.6) is 0 Å². The van der Waals surface area contributed by atoms with Gasteiger partial charge in [0.2, 0.25) is 0 Å². The zero-order valence-corrected chi connectivity index (χ0v) is 13.5. The van der Waals surface area contributed by atoms with Gasteiger partial charge in [0.15, 0.2) is 0 Å². The van der Waals surface area contributed by atoms with Gasteiger partial charge < -0.3 is 22.9 Å². The molecule has 1 unspecified atom stereocenters. The van der Waals surface area contributed by atoms with E-state index in [1.165, 1.54) is 19.3 Å². The van der Waals surface area contributed by atoms with Crippen LogP contribution in [0.25, 0.3) is 0 Å². The molecule has 4 heteroatoms. The minimum absolute atomic E-state index is 0.286. The fraction of sp³-hybridized carbons (Fsp3) is 1.00. The van der Waals surface area contributed by atoms with Crippen LogP contribution >= 0.6 is 0 Å². The molecule has 19 heavy (non-hydrogen) atoms. The molecular weight excluding hydrogens is 236 g/mol. The van der Waals surface area contributed by atoms with Gasteiger partial charge in [0.25, 0.3) is 0 Å². The van der Waals surface area contributed by atoms with Crippen LogP contribution in [-0.4, -0.2) is 26.2 Å². The molecule has 0 aromatic carbocycles. The third-order valence-electron chi connectivity index (χ3n) is 3.27. The average Bonchev–Trinajstić information content (AvgIpc) is 2.35. The Morgan fingerprint density at radius 2 is 1.26 bits per heavy atom. The lowest BCUT2D eigenvalue weighted by atomic mass is 9.82. The number of hydrogen-bond acceptors (Lipinski definition) is 4. The van der Waals surface area contributed by atoms with E-state index in [2.05, 4.69) is 20.8 Å². The van der Waals surface area contributed by atoms with E-state index in [1.54, 1.807) is 0 Å². The zero-order valence-electron chi connectivity index (χ0n) is 13.5. The third-order valence-corrected chi connectivity index (χ3v) is 3.27. The van der Waals surface area contributed by atoms with E-state index in [-0.39, 0.29) is 5.41 Å². The van der Waals surface area contributed by atoms with E-state index in [4.69, 9.17) is 22.9 Å². The molecule has 0 amide bonds. The van der Waals surface area contributed by atoms with E-state index < -0.39 is 0 Å². The SMILES string of the molecule is CC(CCN)CC(C)(C)CN.NCCCCCCN. The number of rotatable bonds is 10. The fourth-order valence-electron chi connectivity index (χ4n) is 2.06. The number of unbranched alkanes of at least 4 members (excludes halogenated alkanes) is 3. The summed E-state index contributed by atoms with van der Waals surface area (Å²) in [6, 6.07) is 0. The topological polar surface area (TPSA) is 104 Å². The van der Waals surface area contributed by atoms with Gasteiger partial charge in [-0.25, -0.2) is 0 Å². The lowest BCUT2D eigenvalue weighted by molar-refractivity contribution is 0.279. The summed E-state index contributed by atoms with van der Waals surface area (Å²) in [4.78, 5) is 0. The van der Waals surface area contributed by atoms with Gasteiger partial charge in [0.05, 0.1) is 0 Å². The van der Waals surface area contributed by atoms with E-state index in [0.717, 1.165) is 45.4 Å². The van der Waals surface area contributed by atoms with Crippen LogP contribution in [0, 0.1) is 11.3 Å². The highest BCUT2D eigenvalue weighted by Gasteiger charge is 2.18. The number of hydrogen-bond donors (Lipinski definition) is 4. The maximum absolute atomic E-state index is 5.62. The maximum atomic E-state index is 5.62. The molecule has 0 aromatic heterocycles. The molecule has 8 N–H and O–H groups in total. The summed E-state index contributed by atoms with van der Waals surface area (Å²) in [6.45, 7) is 9.86. The highest BCUT2D eigenvalue weighted by atomic mass is 14.6. The van der Waals surface area contributed by atoms with Crippen LogP contribution in [0.1, 0.15) is 59.3 Å². The molecule has 0 radical (unpaired) electrons. The smallest absolute Gasteiger partial charge is 0.00257 e. The Morgan fingerprint density at radius 1 is 0.789 bits per heavy atom. The summed E-state index contributed by atoms with van der Waals surface area (Å²) in [5, 5.41) is 0. The first-order valence-corrected chi connectivity index (χ1v) is 7.73. The molecule has 4 nitrogen and oxygen atoms in total. The molecule has 0 aliphatic carbocycles. The molecule has 1 atom stereocenters. The van der Waals surface area contributed by atoms with Gasteiger partial charge in [-0.3, -0.25) is 0 Å². The van der Waals surface area contributed by atoms with E-state index >= 15 is 0 Å². The Kier molecular flexibility index (Phi) is 15.9. The van der Waals surface area contributed by atoms with Crippen LogP contribution in [0.15, 0.2) is 0 Å². The zero-order chi connectivity index (χ0) is 15.1. The van der Waals surface area contributed by atoms with E-state index in [0.29, 0.717) is 5.92 Å². The Hall–Kier alpha value is -0.160. The van der Waals surface area contributed by atoms with Gasteiger partial charge in [-0.1, -0.05) is 33.6 Å². The first-order chi connectivity index (χ1) is 8.93. The molecule has 0 heterocycles. The van der Waals surface area contributed by atoms with Crippen molar-refractivity contribution < 1.29 is 0 Å². The highest BCUT2D eigenvalue weighted by molar-refractivity contribution is 4.72. The Labute approximate surface area is 120 Å². The summed E-state index contributed by atoms with van der Waals surface area (Å²) < 4.78 is 0. The quantitative estimate of drug-likeness (QED) is 0.456. The Morgan fingerprint density at radius 3 is 1.58 bits per heavy atom. The van der Waals surface area contributed by atoms with Gasteiger partial charge in [0.1, 0.15) is 0 Å². The fourth-order valence-corrected chi connectivity index (χ4v) is 2.06. The van der Waals surface area contributed by atoms with Crippen LogP contribution in [0.4, 0.5) is 0 Å². The molecular formula is C15H38N4. The monoisotopic (exact) mass is 274 g/mol. The van der Waals surface area contributed by atoms with Crippen molar-refractivity contribution in [3.05, 3.63) is 0 Å². The van der Waals surface area contributed by atoms with Gasteiger partial charge in [-0.05, 0) is 63.2 Å². The summed E-state index contributed by atoms with van der Waals surface area (Å²) in [6.07, 6.45) is 7.09.